The molecule has 0 aliphatic rings. The number of halogens is 7. The van der Waals surface area contributed by atoms with E-state index in [-0.39, 0.29) is 10.6 Å². The van der Waals surface area contributed by atoms with Crippen LogP contribution in [0.4, 0.5) is 26.3 Å². The van der Waals surface area contributed by atoms with Gasteiger partial charge in [-0.25, -0.2) is 0 Å². The van der Waals surface area contributed by atoms with Crippen molar-refractivity contribution in [3.8, 4) is 0 Å². The molecule has 0 saturated heterocycles. The lowest BCUT2D eigenvalue weighted by Crippen LogP contribution is -2.24. The minimum atomic E-state index is -4.63. The van der Waals surface area contributed by atoms with Crippen molar-refractivity contribution in [3.63, 3.8) is 0 Å². The summed E-state index contributed by atoms with van der Waals surface area (Å²) in [5, 5.41) is -0.386. The summed E-state index contributed by atoms with van der Waals surface area (Å²) in [6.07, 6.45) is -9.25. The van der Waals surface area contributed by atoms with E-state index >= 15 is 0 Å². The Morgan fingerprint density at radius 2 is 0.955 bits per heavy atom. The zero-order valence-corrected chi connectivity index (χ0v) is 13.2. The average molecular weight is 401 g/mol. The molecule has 0 saturated carbocycles. The number of hydrogen-bond acceptors (Lipinski definition) is 0. The van der Waals surface area contributed by atoms with Gasteiger partial charge in [-0.3, -0.25) is 0 Å². The molecule has 8 heteroatoms. The summed E-state index contributed by atoms with van der Waals surface area (Å²) < 4.78 is 78.2. The topological polar surface area (TPSA) is 0 Å². The molecule has 0 N–H and O–H groups in total. The first-order valence-corrected chi connectivity index (χ1v) is 9.27. The molecule has 0 aliphatic carbocycles. The van der Waals surface area contributed by atoms with Crippen LogP contribution in [0.2, 0.25) is 0 Å². The van der Waals surface area contributed by atoms with Gasteiger partial charge in [0.1, 0.15) is 0 Å². The summed E-state index contributed by atoms with van der Waals surface area (Å²) >= 11 is 3.05. The van der Waals surface area contributed by atoms with E-state index in [1.54, 1.807) is 0 Å². The molecule has 0 atom stereocenters. The Balaban J connectivity index is 2.58. The molecule has 0 nitrogen and oxygen atoms in total. The van der Waals surface area contributed by atoms with E-state index in [0.29, 0.717) is 0 Å². The van der Waals surface area contributed by atoms with Crippen LogP contribution in [0.5, 0.6) is 0 Å². The zero-order chi connectivity index (χ0) is 16.5. The van der Waals surface area contributed by atoms with E-state index in [2.05, 4.69) is 15.5 Å². The molecule has 2 aromatic carbocycles. The highest BCUT2D eigenvalue weighted by Gasteiger charge is 2.38. The van der Waals surface area contributed by atoms with Crippen molar-refractivity contribution < 1.29 is 26.3 Å². The van der Waals surface area contributed by atoms with Gasteiger partial charge in [0.15, 0.2) is 0 Å². The van der Waals surface area contributed by atoms with Gasteiger partial charge in [0.25, 0.3) is 0 Å². The third-order valence-electron chi connectivity index (χ3n) is 2.84. The summed E-state index contributed by atoms with van der Waals surface area (Å²) in [4.78, 5) is 0. The highest BCUT2D eigenvalue weighted by Crippen LogP contribution is 2.48. The standard InChI is InChI=1S/C14H8BrF6P/c15-22(11-7-3-1-5-9(11)13(16,17)18)12-8-4-2-6-10(12)14(19,20)21/h1-8H. The van der Waals surface area contributed by atoms with E-state index in [0.717, 1.165) is 12.1 Å². The summed E-state index contributed by atoms with van der Waals surface area (Å²) in [6.45, 7) is -1.97. The monoisotopic (exact) mass is 400 g/mol. The SMILES string of the molecule is FC(F)(F)c1ccccc1P(Br)c1ccccc1C(F)(F)F. The number of benzene rings is 2. The third-order valence-corrected chi connectivity index (χ3v) is 6.76. The highest BCUT2D eigenvalue weighted by atomic mass is 79.9. The molecule has 2 aromatic rings. The van der Waals surface area contributed by atoms with E-state index in [9.17, 15) is 26.3 Å². The first-order chi connectivity index (χ1) is 10.1. The molecule has 0 heterocycles. The fourth-order valence-electron chi connectivity index (χ4n) is 1.90. The molecular formula is C14H8BrF6P. The fraction of sp³-hybridized carbons (Fsp3) is 0.143. The van der Waals surface area contributed by atoms with E-state index in [4.69, 9.17) is 0 Å². The molecular weight excluding hydrogens is 393 g/mol. The Kier molecular flexibility index (Phi) is 4.87. The molecule has 118 valence electrons. The van der Waals surface area contributed by atoms with Crippen molar-refractivity contribution in [2.24, 2.45) is 0 Å². The Morgan fingerprint density at radius 3 is 1.27 bits per heavy atom. The van der Waals surface area contributed by atoms with Gasteiger partial charge in [-0.2, -0.15) is 26.3 Å². The van der Waals surface area contributed by atoms with Crippen molar-refractivity contribution in [1.82, 2.24) is 0 Å². The van der Waals surface area contributed by atoms with Gasteiger partial charge in [-0.1, -0.05) is 36.4 Å². The van der Waals surface area contributed by atoms with Crippen LogP contribution < -0.4 is 10.6 Å². The van der Waals surface area contributed by atoms with Crippen LogP contribution in [-0.4, -0.2) is 0 Å². The minimum absolute atomic E-state index is 0.193. The van der Waals surface area contributed by atoms with Crippen LogP contribution in [0.3, 0.4) is 0 Å². The maximum atomic E-state index is 13.0. The van der Waals surface area contributed by atoms with Gasteiger partial charge in [0.05, 0.1) is 11.1 Å². The van der Waals surface area contributed by atoms with Gasteiger partial charge in [0, 0.05) is 17.2 Å². The Hall–Kier alpha value is -1.07. The summed E-state index contributed by atoms with van der Waals surface area (Å²) in [7, 11) is 0. The van der Waals surface area contributed by atoms with Gasteiger partial charge in [-0.05, 0) is 27.6 Å². The van der Waals surface area contributed by atoms with E-state index in [1.807, 2.05) is 0 Å². The number of alkyl halides is 6. The largest absolute Gasteiger partial charge is 0.417 e. The highest BCUT2D eigenvalue weighted by molar-refractivity contribution is 9.40. The Bertz CT molecular complexity index is 607. The molecule has 0 spiro atoms. The smallest absolute Gasteiger partial charge is 0.166 e. The molecule has 2 rings (SSSR count). The van der Waals surface area contributed by atoms with Crippen molar-refractivity contribution in [2.75, 3.05) is 0 Å². The molecule has 0 fully saturated rings. The predicted octanol–water partition coefficient (Wildman–Crippen LogP) is 5.47. The molecule has 0 unspecified atom stereocenters. The van der Waals surface area contributed by atoms with Crippen LogP contribution in [0, 0.1) is 0 Å². The molecule has 0 aromatic heterocycles. The van der Waals surface area contributed by atoms with E-state index in [1.165, 1.54) is 36.4 Å². The predicted molar refractivity (Wildman–Crippen MR) is 78.0 cm³/mol. The second kappa shape index (κ2) is 6.20. The summed E-state index contributed by atoms with van der Waals surface area (Å²) in [5.74, 6) is 0. The second-order valence-corrected chi connectivity index (χ2v) is 7.96. The maximum Gasteiger partial charge on any atom is 0.417 e. The number of rotatable bonds is 2. The van der Waals surface area contributed by atoms with Crippen LogP contribution in [-0.2, 0) is 12.4 Å². The van der Waals surface area contributed by atoms with Crippen LogP contribution in [0.25, 0.3) is 0 Å². The second-order valence-electron chi connectivity index (χ2n) is 4.31. The van der Waals surface area contributed by atoms with E-state index < -0.39 is 30.1 Å². The van der Waals surface area contributed by atoms with Gasteiger partial charge >= 0.3 is 12.4 Å². The van der Waals surface area contributed by atoms with Crippen molar-refractivity contribution in [3.05, 3.63) is 59.7 Å². The molecule has 0 amide bonds. The van der Waals surface area contributed by atoms with Gasteiger partial charge in [0.2, 0.25) is 0 Å². The molecule has 0 bridgehead atoms. The summed E-state index contributed by atoms with van der Waals surface area (Å²) in [5.41, 5.74) is -1.87. The lowest BCUT2D eigenvalue weighted by Gasteiger charge is -2.20. The molecule has 0 radical (unpaired) electrons. The minimum Gasteiger partial charge on any atom is -0.166 e. The van der Waals surface area contributed by atoms with Crippen molar-refractivity contribution in [1.29, 1.82) is 0 Å². The quantitative estimate of drug-likeness (QED) is 0.463. The molecule has 0 aliphatic heterocycles. The van der Waals surface area contributed by atoms with Crippen LogP contribution >= 0.6 is 22.1 Å². The number of hydrogen-bond donors (Lipinski definition) is 0. The van der Waals surface area contributed by atoms with Gasteiger partial charge in [-0.15, -0.1) is 0 Å². The first kappa shape index (κ1) is 17.3. The van der Waals surface area contributed by atoms with Gasteiger partial charge < -0.3 is 0 Å². The van der Waals surface area contributed by atoms with Crippen molar-refractivity contribution in [2.45, 2.75) is 12.4 Å². The van der Waals surface area contributed by atoms with Crippen LogP contribution in [0.15, 0.2) is 48.5 Å². The Morgan fingerprint density at radius 1 is 0.636 bits per heavy atom. The lowest BCUT2D eigenvalue weighted by molar-refractivity contribution is -0.137. The first-order valence-electron chi connectivity index (χ1n) is 5.90. The normalized spacial score (nSPS) is 12.7. The lowest BCUT2D eigenvalue weighted by atomic mass is 10.2. The average Bonchev–Trinajstić information content (AvgIpc) is 2.45. The van der Waals surface area contributed by atoms with Crippen LogP contribution in [0.1, 0.15) is 11.1 Å². The maximum absolute atomic E-state index is 13.0. The third kappa shape index (κ3) is 3.63. The zero-order valence-electron chi connectivity index (χ0n) is 10.7. The Labute approximate surface area is 131 Å². The molecule has 22 heavy (non-hydrogen) atoms. The fourth-order valence-corrected chi connectivity index (χ4v) is 5.27. The van der Waals surface area contributed by atoms with Crippen molar-refractivity contribution >= 4 is 32.7 Å². The summed E-state index contributed by atoms with van der Waals surface area (Å²) in [6, 6.07) is 9.27.